The van der Waals surface area contributed by atoms with E-state index >= 15 is 0 Å². The zero-order valence-corrected chi connectivity index (χ0v) is 9.86. The number of anilines is 1. The predicted octanol–water partition coefficient (Wildman–Crippen LogP) is 2.67. The van der Waals surface area contributed by atoms with Crippen molar-refractivity contribution in [3.63, 3.8) is 0 Å². The number of rotatable bonds is 1. The van der Waals surface area contributed by atoms with Crippen LogP contribution in [-0.2, 0) is 0 Å². The second-order valence-corrected chi connectivity index (χ2v) is 4.76. The Labute approximate surface area is 92.5 Å². The minimum absolute atomic E-state index is 0.660. The van der Waals surface area contributed by atoms with Gasteiger partial charge in [0.2, 0.25) is 0 Å². The van der Waals surface area contributed by atoms with E-state index in [4.69, 9.17) is 0 Å². The molecule has 0 spiro atoms. The van der Waals surface area contributed by atoms with Crippen LogP contribution in [0.25, 0.3) is 0 Å². The first-order valence-corrected chi connectivity index (χ1v) is 5.73. The average molecular weight is 288 g/mol. The van der Waals surface area contributed by atoms with E-state index in [2.05, 4.69) is 51.5 Å². The lowest BCUT2D eigenvalue weighted by Gasteiger charge is -2.22. The molecule has 70 valence electrons. The van der Waals surface area contributed by atoms with Gasteiger partial charge in [0.05, 0.1) is 0 Å². The van der Waals surface area contributed by atoms with Crippen molar-refractivity contribution in [1.29, 1.82) is 0 Å². The largest absolute Gasteiger partial charge is 0.354 e. The predicted molar refractivity (Wildman–Crippen MR) is 63.0 cm³/mol. The fourth-order valence-corrected chi connectivity index (χ4v) is 2.13. The van der Waals surface area contributed by atoms with Crippen molar-refractivity contribution in [2.75, 3.05) is 11.4 Å². The third-order valence-corrected chi connectivity index (χ3v) is 3.20. The van der Waals surface area contributed by atoms with Gasteiger partial charge in [0, 0.05) is 22.4 Å². The van der Waals surface area contributed by atoms with Crippen LogP contribution in [0.15, 0.2) is 18.3 Å². The lowest BCUT2D eigenvalue weighted by molar-refractivity contribution is 0.727. The molecule has 2 rings (SSSR count). The van der Waals surface area contributed by atoms with Gasteiger partial charge in [0.25, 0.3) is 0 Å². The topological polar surface area (TPSA) is 16.1 Å². The zero-order chi connectivity index (χ0) is 9.26. The molecule has 1 aliphatic rings. The highest BCUT2D eigenvalue weighted by atomic mass is 127. The Morgan fingerprint density at radius 1 is 1.54 bits per heavy atom. The molecule has 0 aromatic carbocycles. The van der Waals surface area contributed by atoms with Crippen LogP contribution in [0.3, 0.4) is 0 Å². The van der Waals surface area contributed by atoms with Gasteiger partial charge >= 0.3 is 0 Å². The van der Waals surface area contributed by atoms with Crippen LogP contribution in [0, 0.1) is 3.57 Å². The smallest absolute Gasteiger partial charge is 0.128 e. The Kier molecular flexibility index (Phi) is 2.71. The first kappa shape index (κ1) is 9.24. The molecule has 1 atom stereocenters. The van der Waals surface area contributed by atoms with Crippen LogP contribution in [-0.4, -0.2) is 17.6 Å². The van der Waals surface area contributed by atoms with Gasteiger partial charge < -0.3 is 4.90 Å². The summed E-state index contributed by atoms with van der Waals surface area (Å²) in [7, 11) is 0. The second kappa shape index (κ2) is 3.82. The van der Waals surface area contributed by atoms with Gasteiger partial charge in [-0.25, -0.2) is 4.98 Å². The molecule has 1 saturated heterocycles. The summed E-state index contributed by atoms with van der Waals surface area (Å²) in [5, 5.41) is 0. The number of halogens is 1. The van der Waals surface area contributed by atoms with Gasteiger partial charge in [-0.2, -0.15) is 0 Å². The molecule has 0 saturated carbocycles. The maximum atomic E-state index is 4.43. The third kappa shape index (κ3) is 1.95. The molecule has 0 amide bonds. The van der Waals surface area contributed by atoms with E-state index in [-0.39, 0.29) is 0 Å². The summed E-state index contributed by atoms with van der Waals surface area (Å²) < 4.78 is 1.20. The zero-order valence-electron chi connectivity index (χ0n) is 7.70. The molecule has 1 fully saturated rings. The quantitative estimate of drug-likeness (QED) is 0.739. The van der Waals surface area contributed by atoms with Crippen LogP contribution in [0.4, 0.5) is 5.82 Å². The molecule has 0 bridgehead atoms. The Balaban J connectivity index is 2.20. The Hall–Kier alpha value is -0.320. The van der Waals surface area contributed by atoms with E-state index < -0.39 is 0 Å². The summed E-state index contributed by atoms with van der Waals surface area (Å²) in [6.07, 6.45) is 4.53. The monoisotopic (exact) mass is 288 g/mol. The number of aromatic nitrogens is 1. The Bertz CT molecular complexity index is 283. The highest BCUT2D eigenvalue weighted by Crippen LogP contribution is 2.23. The van der Waals surface area contributed by atoms with Crippen molar-refractivity contribution in [1.82, 2.24) is 4.98 Å². The van der Waals surface area contributed by atoms with Crippen LogP contribution < -0.4 is 4.90 Å². The molecule has 0 radical (unpaired) electrons. The number of pyridine rings is 1. The van der Waals surface area contributed by atoms with E-state index in [0.717, 1.165) is 12.4 Å². The minimum Gasteiger partial charge on any atom is -0.354 e. The van der Waals surface area contributed by atoms with Gasteiger partial charge in [-0.3, -0.25) is 0 Å². The fourth-order valence-electron chi connectivity index (χ4n) is 1.81. The van der Waals surface area contributed by atoms with Gasteiger partial charge in [-0.1, -0.05) is 0 Å². The standard InChI is InChI=1S/C10H13IN2/c1-8-3-2-6-13(8)10-5-4-9(11)7-12-10/h4-5,7-8H,2-3,6H2,1H3/t8-/m0/s1. The number of nitrogens with zero attached hydrogens (tertiary/aromatic N) is 2. The Morgan fingerprint density at radius 3 is 2.92 bits per heavy atom. The molecule has 1 aromatic rings. The molecule has 0 N–H and O–H groups in total. The molecule has 2 heterocycles. The van der Waals surface area contributed by atoms with E-state index in [1.54, 1.807) is 0 Å². The highest BCUT2D eigenvalue weighted by Gasteiger charge is 2.20. The molecule has 1 aliphatic heterocycles. The number of hydrogen-bond acceptors (Lipinski definition) is 2. The van der Waals surface area contributed by atoms with Gasteiger partial charge in [0.15, 0.2) is 0 Å². The van der Waals surface area contributed by atoms with Crippen molar-refractivity contribution < 1.29 is 0 Å². The molecule has 2 nitrogen and oxygen atoms in total. The van der Waals surface area contributed by atoms with E-state index in [9.17, 15) is 0 Å². The highest BCUT2D eigenvalue weighted by molar-refractivity contribution is 14.1. The van der Waals surface area contributed by atoms with Crippen molar-refractivity contribution in [3.8, 4) is 0 Å². The van der Waals surface area contributed by atoms with Crippen molar-refractivity contribution in [3.05, 3.63) is 21.9 Å². The van der Waals surface area contributed by atoms with E-state index in [1.807, 2.05) is 6.20 Å². The summed E-state index contributed by atoms with van der Waals surface area (Å²) >= 11 is 2.28. The van der Waals surface area contributed by atoms with Crippen molar-refractivity contribution in [2.24, 2.45) is 0 Å². The van der Waals surface area contributed by atoms with Crippen molar-refractivity contribution >= 4 is 28.4 Å². The maximum Gasteiger partial charge on any atom is 0.128 e. The van der Waals surface area contributed by atoms with Gasteiger partial charge in [-0.15, -0.1) is 0 Å². The van der Waals surface area contributed by atoms with E-state index in [1.165, 1.54) is 16.4 Å². The first-order chi connectivity index (χ1) is 6.27. The molecule has 0 unspecified atom stereocenters. The van der Waals surface area contributed by atoms with E-state index in [0.29, 0.717) is 6.04 Å². The van der Waals surface area contributed by atoms with Crippen LogP contribution in [0.5, 0.6) is 0 Å². The Morgan fingerprint density at radius 2 is 2.38 bits per heavy atom. The van der Waals surface area contributed by atoms with Gasteiger partial charge in [-0.05, 0) is 54.5 Å². The molecule has 0 aliphatic carbocycles. The molecule has 1 aromatic heterocycles. The lowest BCUT2D eigenvalue weighted by Crippen LogP contribution is -2.26. The van der Waals surface area contributed by atoms with Crippen LogP contribution in [0.2, 0.25) is 0 Å². The summed E-state index contributed by atoms with van der Waals surface area (Å²) in [5.41, 5.74) is 0. The third-order valence-electron chi connectivity index (χ3n) is 2.56. The minimum atomic E-state index is 0.660. The summed E-state index contributed by atoms with van der Waals surface area (Å²) in [5.74, 6) is 1.13. The summed E-state index contributed by atoms with van der Waals surface area (Å²) in [6.45, 7) is 3.43. The number of hydrogen-bond donors (Lipinski definition) is 0. The van der Waals surface area contributed by atoms with Crippen LogP contribution >= 0.6 is 22.6 Å². The normalized spacial score (nSPS) is 22.3. The maximum absolute atomic E-state index is 4.43. The molecule has 3 heteroatoms. The van der Waals surface area contributed by atoms with Crippen molar-refractivity contribution in [2.45, 2.75) is 25.8 Å². The average Bonchev–Trinajstić information content (AvgIpc) is 2.53. The summed E-state index contributed by atoms with van der Waals surface area (Å²) in [4.78, 5) is 6.81. The molecular formula is C10H13IN2. The molecular weight excluding hydrogens is 275 g/mol. The lowest BCUT2D eigenvalue weighted by atomic mass is 10.2. The van der Waals surface area contributed by atoms with Crippen LogP contribution in [0.1, 0.15) is 19.8 Å². The first-order valence-electron chi connectivity index (χ1n) is 4.65. The fraction of sp³-hybridized carbons (Fsp3) is 0.500. The SMILES string of the molecule is C[C@H]1CCCN1c1ccc(I)cn1. The summed E-state index contributed by atoms with van der Waals surface area (Å²) in [6, 6.07) is 4.89. The van der Waals surface area contributed by atoms with Gasteiger partial charge in [0.1, 0.15) is 5.82 Å². The molecule has 13 heavy (non-hydrogen) atoms. The second-order valence-electron chi connectivity index (χ2n) is 3.52.